The average Bonchev–Trinajstić information content (AvgIpc) is 3.28. The van der Waals surface area contributed by atoms with E-state index in [1.807, 2.05) is 0 Å². The molecule has 1 fully saturated rings. The average molecular weight is 410 g/mol. The number of carbonyl (C=O) groups is 3. The fourth-order valence-corrected chi connectivity index (χ4v) is 3.61. The molecule has 1 N–H and O–H groups in total. The van der Waals surface area contributed by atoms with E-state index in [-0.39, 0.29) is 4.91 Å². The number of hydrogen-bond acceptors (Lipinski definition) is 8. The number of esters is 1. The lowest BCUT2D eigenvalue weighted by molar-refractivity contribution is -0.115. The highest BCUT2D eigenvalue weighted by Crippen LogP contribution is 2.35. The highest BCUT2D eigenvalue weighted by molar-refractivity contribution is 8.18. The van der Waals surface area contributed by atoms with Crippen molar-refractivity contribution in [2.75, 3.05) is 14.2 Å². The number of benzene rings is 1. The number of nitrogens with one attached hydrogen (secondary N) is 1. The van der Waals surface area contributed by atoms with Gasteiger partial charge in [-0.3, -0.25) is 19.9 Å². The number of thioether (sulfide) groups is 1. The summed E-state index contributed by atoms with van der Waals surface area (Å²) in [6.07, 6.45) is 4.78. The summed E-state index contributed by atoms with van der Waals surface area (Å²) in [4.78, 5) is 39.4. The van der Waals surface area contributed by atoms with Crippen LogP contribution in [0.2, 0.25) is 0 Å². The fourth-order valence-electron chi connectivity index (χ4n) is 2.95. The van der Waals surface area contributed by atoms with E-state index in [4.69, 9.17) is 13.9 Å². The highest BCUT2D eigenvalue weighted by Gasteiger charge is 2.25. The molecule has 3 aromatic rings. The normalized spacial score (nSPS) is 15.0. The molecule has 2 amide bonds. The predicted molar refractivity (Wildman–Crippen MR) is 106 cm³/mol. The van der Waals surface area contributed by atoms with E-state index in [9.17, 15) is 14.4 Å². The minimum Gasteiger partial charge on any atom is -0.496 e. The van der Waals surface area contributed by atoms with Gasteiger partial charge < -0.3 is 13.9 Å². The van der Waals surface area contributed by atoms with E-state index in [2.05, 4.69) is 10.3 Å². The molecule has 1 aliphatic rings. The Morgan fingerprint density at radius 2 is 2.03 bits per heavy atom. The first-order valence-electron chi connectivity index (χ1n) is 8.39. The molecular formula is C20H14N2O6S. The SMILES string of the molecule is COC(=O)c1ccc(-c2cncc3cc(C=C4SC(=O)NC4=O)oc23)cc1OC. The molecule has 8 nitrogen and oxygen atoms in total. The summed E-state index contributed by atoms with van der Waals surface area (Å²) in [6, 6.07) is 6.78. The number of rotatable bonds is 4. The van der Waals surface area contributed by atoms with Crippen molar-refractivity contribution in [3.05, 3.63) is 52.9 Å². The zero-order valence-electron chi connectivity index (χ0n) is 15.3. The Kier molecular flexibility index (Phi) is 4.81. The van der Waals surface area contributed by atoms with Crippen LogP contribution in [0.25, 0.3) is 28.2 Å². The van der Waals surface area contributed by atoms with Gasteiger partial charge in [0, 0.05) is 29.4 Å². The minimum atomic E-state index is -0.501. The molecule has 2 aromatic heterocycles. The van der Waals surface area contributed by atoms with Gasteiger partial charge in [0.15, 0.2) is 0 Å². The number of aromatic nitrogens is 1. The van der Waals surface area contributed by atoms with Gasteiger partial charge in [0.1, 0.15) is 22.7 Å². The summed E-state index contributed by atoms with van der Waals surface area (Å²) in [7, 11) is 2.77. The summed E-state index contributed by atoms with van der Waals surface area (Å²) >= 11 is 0.816. The maximum absolute atomic E-state index is 11.9. The van der Waals surface area contributed by atoms with Crippen LogP contribution in [0.5, 0.6) is 5.75 Å². The highest BCUT2D eigenvalue weighted by atomic mass is 32.2. The van der Waals surface area contributed by atoms with E-state index in [1.54, 1.807) is 36.7 Å². The van der Waals surface area contributed by atoms with Crippen molar-refractivity contribution in [1.29, 1.82) is 0 Å². The second-order valence-electron chi connectivity index (χ2n) is 6.01. The Hall–Kier alpha value is -3.59. The van der Waals surface area contributed by atoms with Gasteiger partial charge in [-0.1, -0.05) is 6.07 Å². The van der Waals surface area contributed by atoms with Crippen LogP contribution >= 0.6 is 11.8 Å². The molecule has 0 radical (unpaired) electrons. The van der Waals surface area contributed by atoms with Crippen LogP contribution in [0.15, 0.2) is 46.0 Å². The van der Waals surface area contributed by atoms with Crippen molar-refractivity contribution in [2.24, 2.45) is 0 Å². The van der Waals surface area contributed by atoms with Gasteiger partial charge in [0.05, 0.1) is 19.1 Å². The van der Waals surface area contributed by atoms with Crippen LogP contribution in [0.3, 0.4) is 0 Å². The van der Waals surface area contributed by atoms with Gasteiger partial charge in [-0.15, -0.1) is 0 Å². The molecule has 4 rings (SSSR count). The lowest BCUT2D eigenvalue weighted by atomic mass is 10.0. The summed E-state index contributed by atoms with van der Waals surface area (Å²) < 4.78 is 16.0. The van der Waals surface area contributed by atoms with E-state index in [1.165, 1.54) is 20.3 Å². The Balaban J connectivity index is 1.78. The number of pyridine rings is 1. The fraction of sp³-hybridized carbons (Fsp3) is 0.100. The lowest BCUT2D eigenvalue weighted by Gasteiger charge is -2.09. The molecule has 29 heavy (non-hydrogen) atoms. The molecule has 0 bridgehead atoms. The smallest absolute Gasteiger partial charge is 0.341 e. The third kappa shape index (κ3) is 3.47. The molecule has 146 valence electrons. The number of furan rings is 1. The summed E-state index contributed by atoms with van der Waals surface area (Å²) in [5.41, 5.74) is 2.26. The van der Waals surface area contributed by atoms with E-state index in [0.717, 1.165) is 22.7 Å². The number of hydrogen-bond donors (Lipinski definition) is 1. The van der Waals surface area contributed by atoms with Crippen LogP contribution in [0, 0.1) is 0 Å². The molecule has 0 atom stereocenters. The summed E-state index contributed by atoms with van der Waals surface area (Å²) in [6.45, 7) is 0. The zero-order chi connectivity index (χ0) is 20.5. The number of methoxy groups -OCH3 is 2. The topological polar surface area (TPSA) is 108 Å². The Morgan fingerprint density at radius 1 is 1.21 bits per heavy atom. The van der Waals surface area contributed by atoms with Crippen LogP contribution in [0.4, 0.5) is 4.79 Å². The number of ether oxygens (including phenoxy) is 2. The van der Waals surface area contributed by atoms with Gasteiger partial charge in [0.2, 0.25) is 0 Å². The molecule has 0 aliphatic carbocycles. The van der Waals surface area contributed by atoms with Crippen LogP contribution < -0.4 is 10.1 Å². The Bertz CT molecular complexity index is 1200. The number of amides is 2. The second kappa shape index (κ2) is 7.44. The van der Waals surface area contributed by atoms with E-state index >= 15 is 0 Å². The summed E-state index contributed by atoms with van der Waals surface area (Å²) in [5.74, 6) is -0.182. The molecular weight excluding hydrogens is 396 g/mol. The molecule has 9 heteroatoms. The van der Waals surface area contributed by atoms with Gasteiger partial charge in [0.25, 0.3) is 11.1 Å². The molecule has 1 aromatic carbocycles. The summed E-state index contributed by atoms with van der Waals surface area (Å²) in [5, 5.41) is 2.50. The van der Waals surface area contributed by atoms with E-state index < -0.39 is 17.1 Å². The van der Waals surface area contributed by atoms with Crippen LogP contribution in [0.1, 0.15) is 16.1 Å². The second-order valence-corrected chi connectivity index (χ2v) is 7.03. The van der Waals surface area contributed by atoms with Gasteiger partial charge in [-0.25, -0.2) is 4.79 Å². The lowest BCUT2D eigenvalue weighted by Crippen LogP contribution is -2.17. The largest absolute Gasteiger partial charge is 0.496 e. The Morgan fingerprint density at radius 3 is 2.72 bits per heavy atom. The number of fused-ring (bicyclic) bond motifs is 1. The zero-order valence-corrected chi connectivity index (χ0v) is 16.2. The molecule has 0 unspecified atom stereocenters. The molecule has 0 spiro atoms. The van der Waals surface area contributed by atoms with Crippen molar-refractivity contribution in [3.8, 4) is 16.9 Å². The number of imide groups is 1. The first kappa shape index (κ1) is 18.8. The predicted octanol–water partition coefficient (Wildman–Crippen LogP) is 3.61. The van der Waals surface area contributed by atoms with Crippen molar-refractivity contribution in [2.45, 2.75) is 0 Å². The molecule has 1 saturated heterocycles. The van der Waals surface area contributed by atoms with E-state index in [0.29, 0.717) is 28.2 Å². The maximum Gasteiger partial charge on any atom is 0.341 e. The van der Waals surface area contributed by atoms with Crippen molar-refractivity contribution in [3.63, 3.8) is 0 Å². The van der Waals surface area contributed by atoms with Crippen molar-refractivity contribution < 1.29 is 28.3 Å². The monoisotopic (exact) mass is 410 g/mol. The van der Waals surface area contributed by atoms with Gasteiger partial charge >= 0.3 is 5.97 Å². The maximum atomic E-state index is 11.9. The first-order valence-corrected chi connectivity index (χ1v) is 9.21. The van der Waals surface area contributed by atoms with Crippen LogP contribution in [-0.4, -0.2) is 36.3 Å². The number of nitrogens with zero attached hydrogens (tertiary/aromatic N) is 1. The Labute approximate surface area is 168 Å². The van der Waals surface area contributed by atoms with Crippen molar-refractivity contribution >= 4 is 45.9 Å². The molecule has 1 aliphatic heterocycles. The standard InChI is InChI=1S/C20H14N2O6S/c1-26-15-6-10(3-4-13(15)19(24)27-2)14-9-21-8-11-5-12(28-17(11)14)7-16-18(23)22-20(25)29-16/h3-9H,1-2H3,(H,22,23,25). The molecule has 3 heterocycles. The third-order valence-electron chi connectivity index (χ3n) is 4.27. The first-order chi connectivity index (χ1) is 14.0. The third-order valence-corrected chi connectivity index (χ3v) is 5.09. The van der Waals surface area contributed by atoms with Crippen molar-refractivity contribution in [1.82, 2.24) is 10.3 Å². The quantitative estimate of drug-likeness (QED) is 0.513. The number of carbonyl (C=O) groups excluding carboxylic acids is 3. The minimum absolute atomic E-state index is 0.257. The van der Waals surface area contributed by atoms with Gasteiger partial charge in [-0.2, -0.15) is 0 Å². The molecule has 0 saturated carbocycles. The van der Waals surface area contributed by atoms with Crippen LogP contribution in [-0.2, 0) is 9.53 Å². The van der Waals surface area contributed by atoms with Gasteiger partial charge in [-0.05, 0) is 35.5 Å².